The molecule has 1 N–H and O–H groups in total. The number of likely N-dealkylation sites (N-methyl/N-ethyl adjacent to an activating group) is 1. The van der Waals surface area contributed by atoms with E-state index in [0.717, 1.165) is 31.9 Å². The zero-order valence-electron chi connectivity index (χ0n) is 10.5. The van der Waals surface area contributed by atoms with Crippen molar-refractivity contribution in [1.29, 1.82) is 0 Å². The predicted octanol–water partition coefficient (Wildman–Crippen LogP) is 1.06. The molecule has 0 atom stereocenters. The Morgan fingerprint density at radius 2 is 2.24 bits per heavy atom. The maximum Gasteiger partial charge on any atom is 0.234 e. The van der Waals surface area contributed by atoms with Gasteiger partial charge in [0.05, 0.1) is 25.0 Å². The molecule has 1 aromatic rings. The maximum atomic E-state index is 5.51. The lowest BCUT2D eigenvalue weighted by Crippen LogP contribution is -2.57. The van der Waals surface area contributed by atoms with Crippen molar-refractivity contribution in [3.8, 4) is 5.88 Å². The molecule has 1 fully saturated rings. The summed E-state index contributed by atoms with van der Waals surface area (Å²) in [7, 11) is 0. The molecule has 0 aromatic carbocycles. The fourth-order valence-electron chi connectivity index (χ4n) is 1.85. The highest BCUT2D eigenvalue weighted by Gasteiger charge is 2.24. The molecule has 0 radical (unpaired) electrons. The van der Waals surface area contributed by atoms with Crippen LogP contribution in [0, 0.1) is 0 Å². The van der Waals surface area contributed by atoms with Crippen LogP contribution in [0.15, 0.2) is 12.4 Å². The minimum Gasteiger partial charge on any atom is -0.477 e. The molecule has 1 saturated heterocycles. The first-order valence-corrected chi connectivity index (χ1v) is 6.27. The number of anilines is 1. The molecule has 5 nitrogen and oxygen atoms in total. The largest absolute Gasteiger partial charge is 0.477 e. The first-order valence-electron chi connectivity index (χ1n) is 6.27. The Balaban J connectivity index is 2.07. The van der Waals surface area contributed by atoms with Gasteiger partial charge in [-0.15, -0.1) is 0 Å². The number of ether oxygens (including phenoxy) is 1. The predicted molar refractivity (Wildman–Crippen MR) is 67.5 cm³/mol. The van der Waals surface area contributed by atoms with Gasteiger partial charge in [-0.05, 0) is 13.3 Å². The number of nitrogens with zero attached hydrogens (tertiary/aromatic N) is 3. The van der Waals surface area contributed by atoms with Crippen LogP contribution in [0.4, 0.5) is 5.82 Å². The van der Waals surface area contributed by atoms with Gasteiger partial charge in [-0.25, -0.2) is 0 Å². The number of hydrogen-bond donors (Lipinski definition) is 1. The van der Waals surface area contributed by atoms with Crippen LogP contribution < -0.4 is 15.0 Å². The third kappa shape index (κ3) is 2.85. The highest BCUT2D eigenvalue weighted by molar-refractivity contribution is 5.40. The Kier molecular flexibility index (Phi) is 4.14. The standard InChI is InChI=1S/C12H20N4O/c1-3-5-17-12-9-14-8-11(15-12)16(4-2)10-6-13-7-10/h8-10,13H,3-7H2,1-2H3. The summed E-state index contributed by atoms with van der Waals surface area (Å²) in [6, 6.07) is 0.538. The summed E-state index contributed by atoms with van der Waals surface area (Å²) in [6.07, 6.45) is 4.46. The van der Waals surface area contributed by atoms with E-state index in [1.165, 1.54) is 0 Å². The lowest BCUT2D eigenvalue weighted by molar-refractivity contribution is 0.303. The second-order valence-corrected chi connectivity index (χ2v) is 4.16. The van der Waals surface area contributed by atoms with Crippen molar-refractivity contribution < 1.29 is 4.74 Å². The quantitative estimate of drug-likeness (QED) is 0.800. The summed E-state index contributed by atoms with van der Waals surface area (Å²) in [5, 5.41) is 3.27. The van der Waals surface area contributed by atoms with Crippen LogP contribution in [0.3, 0.4) is 0 Å². The van der Waals surface area contributed by atoms with Gasteiger partial charge < -0.3 is 15.0 Å². The second-order valence-electron chi connectivity index (χ2n) is 4.16. The SMILES string of the molecule is CCCOc1cncc(N(CC)C2CNC2)n1. The van der Waals surface area contributed by atoms with E-state index in [9.17, 15) is 0 Å². The number of hydrogen-bond acceptors (Lipinski definition) is 5. The van der Waals surface area contributed by atoms with Gasteiger partial charge in [-0.1, -0.05) is 6.92 Å². The van der Waals surface area contributed by atoms with Crippen molar-refractivity contribution in [3.63, 3.8) is 0 Å². The molecule has 2 rings (SSSR count). The molecule has 1 aliphatic rings. The third-order valence-corrected chi connectivity index (χ3v) is 2.89. The normalized spacial score (nSPS) is 15.4. The molecule has 1 aromatic heterocycles. The van der Waals surface area contributed by atoms with Gasteiger partial charge in [0.2, 0.25) is 5.88 Å². The Hall–Kier alpha value is -1.36. The zero-order chi connectivity index (χ0) is 12.1. The topological polar surface area (TPSA) is 50.3 Å². The van der Waals surface area contributed by atoms with Gasteiger partial charge in [-0.3, -0.25) is 4.98 Å². The van der Waals surface area contributed by atoms with Gasteiger partial charge in [0.1, 0.15) is 0 Å². The molecule has 2 heterocycles. The van der Waals surface area contributed by atoms with Crippen molar-refractivity contribution in [2.75, 3.05) is 31.1 Å². The van der Waals surface area contributed by atoms with Gasteiger partial charge in [0, 0.05) is 19.6 Å². The van der Waals surface area contributed by atoms with Crippen molar-refractivity contribution in [3.05, 3.63) is 12.4 Å². The number of rotatable bonds is 6. The van der Waals surface area contributed by atoms with Crippen LogP contribution in [0.5, 0.6) is 5.88 Å². The molecule has 0 aliphatic carbocycles. The summed E-state index contributed by atoms with van der Waals surface area (Å²) < 4.78 is 5.51. The molecule has 0 bridgehead atoms. The molecule has 94 valence electrons. The van der Waals surface area contributed by atoms with E-state index in [0.29, 0.717) is 18.5 Å². The Labute approximate surface area is 102 Å². The van der Waals surface area contributed by atoms with Crippen molar-refractivity contribution in [2.45, 2.75) is 26.3 Å². The molecule has 17 heavy (non-hydrogen) atoms. The van der Waals surface area contributed by atoms with Crippen molar-refractivity contribution in [2.24, 2.45) is 0 Å². The van der Waals surface area contributed by atoms with Crippen molar-refractivity contribution >= 4 is 5.82 Å². The summed E-state index contributed by atoms with van der Waals surface area (Å²) in [5.74, 6) is 1.53. The number of nitrogens with one attached hydrogen (secondary N) is 1. The summed E-state index contributed by atoms with van der Waals surface area (Å²) in [6.45, 7) is 7.90. The van der Waals surface area contributed by atoms with Crippen LogP contribution in [0.2, 0.25) is 0 Å². The van der Waals surface area contributed by atoms with Crippen molar-refractivity contribution in [1.82, 2.24) is 15.3 Å². The van der Waals surface area contributed by atoms with Crippen LogP contribution in [0.25, 0.3) is 0 Å². The third-order valence-electron chi connectivity index (χ3n) is 2.89. The highest BCUT2D eigenvalue weighted by atomic mass is 16.5. The van der Waals surface area contributed by atoms with Crippen LogP contribution >= 0.6 is 0 Å². The molecule has 5 heteroatoms. The maximum absolute atomic E-state index is 5.51. The number of aromatic nitrogens is 2. The molecule has 0 unspecified atom stereocenters. The van der Waals surface area contributed by atoms with E-state index in [2.05, 4.69) is 34.0 Å². The summed E-state index contributed by atoms with van der Waals surface area (Å²) in [4.78, 5) is 11.0. The summed E-state index contributed by atoms with van der Waals surface area (Å²) in [5.41, 5.74) is 0. The molecule has 0 spiro atoms. The first kappa shape index (κ1) is 12.1. The fourth-order valence-corrected chi connectivity index (χ4v) is 1.85. The van der Waals surface area contributed by atoms with Crippen LogP contribution in [-0.2, 0) is 0 Å². The van der Waals surface area contributed by atoms with E-state index >= 15 is 0 Å². The lowest BCUT2D eigenvalue weighted by Gasteiger charge is -2.38. The molecule has 0 amide bonds. The lowest BCUT2D eigenvalue weighted by atomic mass is 10.1. The minimum atomic E-state index is 0.538. The van der Waals surface area contributed by atoms with Gasteiger partial charge in [-0.2, -0.15) is 4.98 Å². The molecular formula is C12H20N4O. The second kappa shape index (κ2) is 5.82. The van der Waals surface area contributed by atoms with Gasteiger partial charge in [0.15, 0.2) is 5.82 Å². The van der Waals surface area contributed by atoms with Gasteiger partial charge >= 0.3 is 0 Å². The van der Waals surface area contributed by atoms with E-state index in [1.807, 2.05) is 0 Å². The summed E-state index contributed by atoms with van der Waals surface area (Å²) >= 11 is 0. The van der Waals surface area contributed by atoms with Gasteiger partial charge in [0.25, 0.3) is 0 Å². The molecule has 1 aliphatic heterocycles. The van der Waals surface area contributed by atoms with E-state index < -0.39 is 0 Å². The fraction of sp³-hybridized carbons (Fsp3) is 0.667. The van der Waals surface area contributed by atoms with E-state index in [4.69, 9.17) is 4.74 Å². The monoisotopic (exact) mass is 236 g/mol. The Bertz CT molecular complexity index is 354. The Morgan fingerprint density at radius 3 is 2.82 bits per heavy atom. The average molecular weight is 236 g/mol. The smallest absolute Gasteiger partial charge is 0.234 e. The Morgan fingerprint density at radius 1 is 1.41 bits per heavy atom. The highest BCUT2D eigenvalue weighted by Crippen LogP contribution is 2.18. The zero-order valence-corrected chi connectivity index (χ0v) is 10.5. The molecular weight excluding hydrogens is 216 g/mol. The van der Waals surface area contributed by atoms with Crippen LogP contribution in [-0.4, -0.2) is 42.3 Å². The minimum absolute atomic E-state index is 0.538. The molecule has 0 saturated carbocycles. The average Bonchev–Trinajstić information content (AvgIpc) is 2.31. The van der Waals surface area contributed by atoms with E-state index in [1.54, 1.807) is 12.4 Å². The van der Waals surface area contributed by atoms with Crippen LogP contribution in [0.1, 0.15) is 20.3 Å². The van der Waals surface area contributed by atoms with E-state index in [-0.39, 0.29) is 0 Å². The first-order chi connectivity index (χ1) is 8.35.